The summed E-state index contributed by atoms with van der Waals surface area (Å²) in [5.74, 6) is 1.05. The van der Waals surface area contributed by atoms with Crippen LogP contribution in [-0.2, 0) is 0 Å². The van der Waals surface area contributed by atoms with E-state index in [2.05, 4.69) is 162 Å². The zero-order valence-corrected chi connectivity index (χ0v) is 29.7. The highest BCUT2D eigenvalue weighted by molar-refractivity contribution is 6.28. The van der Waals surface area contributed by atoms with Crippen LogP contribution in [0.1, 0.15) is 0 Å². The first-order valence-electron chi connectivity index (χ1n) is 17.9. The van der Waals surface area contributed by atoms with E-state index in [0.717, 1.165) is 66.4 Å². The van der Waals surface area contributed by atoms with Crippen molar-refractivity contribution >= 4 is 44.3 Å². The summed E-state index contributed by atoms with van der Waals surface area (Å²) in [7, 11) is 0. The SMILES string of the molecule is Clc1nc(-c2ccc(-c3ccc(-c4ccccc4)cc3-c3ccc4oc5ccccc5c4c3)cc2)nc(-c2ccc(-c3cccc4ccccc34)cc2)n1. The van der Waals surface area contributed by atoms with Crippen LogP contribution in [0, 0.1) is 0 Å². The molecule has 0 atom stereocenters. The molecule has 0 saturated heterocycles. The lowest BCUT2D eigenvalue weighted by atomic mass is 9.90. The number of aromatic nitrogens is 3. The van der Waals surface area contributed by atoms with Crippen molar-refractivity contribution in [3.05, 3.63) is 187 Å². The van der Waals surface area contributed by atoms with Gasteiger partial charge >= 0.3 is 0 Å². The third-order valence-electron chi connectivity index (χ3n) is 10.1. The van der Waals surface area contributed by atoms with Gasteiger partial charge in [0.25, 0.3) is 0 Å². The molecule has 10 aromatic rings. The molecule has 0 N–H and O–H groups in total. The van der Waals surface area contributed by atoms with Crippen molar-refractivity contribution < 1.29 is 4.42 Å². The second-order valence-corrected chi connectivity index (χ2v) is 13.7. The van der Waals surface area contributed by atoms with E-state index in [1.165, 1.54) is 21.9 Å². The lowest BCUT2D eigenvalue weighted by molar-refractivity contribution is 0.669. The number of rotatable bonds is 6. The molecule has 8 aromatic carbocycles. The smallest absolute Gasteiger partial charge is 0.226 e. The number of nitrogens with zero attached hydrogens (tertiary/aromatic N) is 3. The molecule has 54 heavy (non-hydrogen) atoms. The number of halogens is 1. The van der Waals surface area contributed by atoms with E-state index in [9.17, 15) is 0 Å². The van der Waals surface area contributed by atoms with Gasteiger partial charge < -0.3 is 4.42 Å². The molecule has 0 aliphatic rings. The van der Waals surface area contributed by atoms with Crippen molar-refractivity contribution in [3.8, 4) is 67.3 Å². The Labute approximate surface area is 317 Å². The maximum absolute atomic E-state index is 6.52. The summed E-state index contributed by atoms with van der Waals surface area (Å²) in [5, 5.41) is 4.78. The number of benzene rings is 8. The van der Waals surface area contributed by atoms with E-state index in [4.69, 9.17) is 21.0 Å². The Bertz CT molecular complexity index is 2980. The largest absolute Gasteiger partial charge is 0.456 e. The molecule has 0 amide bonds. The molecule has 4 nitrogen and oxygen atoms in total. The minimum Gasteiger partial charge on any atom is -0.456 e. The Morgan fingerprint density at radius 1 is 0.333 bits per heavy atom. The van der Waals surface area contributed by atoms with Crippen molar-refractivity contribution in [1.29, 1.82) is 0 Å². The molecule has 0 saturated carbocycles. The third-order valence-corrected chi connectivity index (χ3v) is 10.3. The molecule has 0 aliphatic heterocycles. The molecular weight excluding hydrogens is 682 g/mol. The zero-order chi connectivity index (χ0) is 36.0. The maximum Gasteiger partial charge on any atom is 0.226 e. The third kappa shape index (κ3) is 5.79. The van der Waals surface area contributed by atoms with Crippen molar-refractivity contribution in [3.63, 3.8) is 0 Å². The van der Waals surface area contributed by atoms with E-state index in [-0.39, 0.29) is 5.28 Å². The van der Waals surface area contributed by atoms with Crippen LogP contribution in [0.5, 0.6) is 0 Å². The monoisotopic (exact) mass is 711 g/mol. The van der Waals surface area contributed by atoms with Gasteiger partial charge in [-0.1, -0.05) is 158 Å². The summed E-state index contributed by atoms with van der Waals surface area (Å²) in [6.45, 7) is 0. The minimum atomic E-state index is 0.151. The Hall–Kier alpha value is -6.88. The molecule has 0 bridgehead atoms. The van der Waals surface area contributed by atoms with Gasteiger partial charge in [-0.15, -0.1) is 0 Å². The van der Waals surface area contributed by atoms with E-state index < -0.39 is 0 Å². The summed E-state index contributed by atoms with van der Waals surface area (Å²) >= 11 is 6.52. The number of fused-ring (bicyclic) bond motifs is 4. The fraction of sp³-hybridized carbons (Fsp3) is 0. The molecule has 5 heteroatoms. The summed E-state index contributed by atoms with van der Waals surface area (Å²) in [4.78, 5) is 13.9. The lowest BCUT2D eigenvalue weighted by Gasteiger charge is -2.14. The molecule has 0 radical (unpaired) electrons. The summed E-state index contributed by atoms with van der Waals surface area (Å²) in [5.41, 5.74) is 12.6. The van der Waals surface area contributed by atoms with Crippen LogP contribution in [0.3, 0.4) is 0 Å². The number of furan rings is 1. The van der Waals surface area contributed by atoms with Crippen LogP contribution >= 0.6 is 11.6 Å². The molecule has 2 heterocycles. The van der Waals surface area contributed by atoms with Gasteiger partial charge in [0.05, 0.1) is 0 Å². The van der Waals surface area contributed by atoms with Crippen molar-refractivity contribution in [2.24, 2.45) is 0 Å². The molecule has 2 aromatic heterocycles. The Morgan fingerprint density at radius 3 is 1.67 bits per heavy atom. The maximum atomic E-state index is 6.52. The normalized spacial score (nSPS) is 11.4. The van der Waals surface area contributed by atoms with Crippen LogP contribution in [-0.4, -0.2) is 15.0 Å². The lowest BCUT2D eigenvalue weighted by Crippen LogP contribution is -1.97. The van der Waals surface area contributed by atoms with Gasteiger partial charge in [-0.3, -0.25) is 0 Å². The van der Waals surface area contributed by atoms with Gasteiger partial charge in [0.15, 0.2) is 11.6 Å². The second-order valence-electron chi connectivity index (χ2n) is 13.4. The first-order valence-corrected chi connectivity index (χ1v) is 18.2. The zero-order valence-electron chi connectivity index (χ0n) is 28.9. The first kappa shape index (κ1) is 31.8. The van der Waals surface area contributed by atoms with E-state index >= 15 is 0 Å². The van der Waals surface area contributed by atoms with Gasteiger partial charge in [0, 0.05) is 21.9 Å². The fourth-order valence-electron chi connectivity index (χ4n) is 7.42. The van der Waals surface area contributed by atoms with Crippen LogP contribution < -0.4 is 0 Å². The van der Waals surface area contributed by atoms with E-state index in [1.54, 1.807) is 0 Å². The highest BCUT2D eigenvalue weighted by Gasteiger charge is 2.15. The standard InChI is InChI=1S/C49H30ClN3O/c50-49-52-47(35-21-17-33(18-22-35)40-15-8-12-32-11-4-5-13-39(32)40)51-48(53-49)36-23-19-34(20-24-36)41-27-25-37(31-9-2-1-3-10-31)29-43(41)38-26-28-46-44(30-38)42-14-6-7-16-45(42)54-46/h1-30H. The van der Waals surface area contributed by atoms with Crippen LogP contribution in [0.25, 0.3) is 100.0 Å². The Morgan fingerprint density at radius 2 is 0.907 bits per heavy atom. The molecule has 0 aliphatic carbocycles. The van der Waals surface area contributed by atoms with Gasteiger partial charge in [0.1, 0.15) is 11.2 Å². The predicted octanol–water partition coefficient (Wildman–Crippen LogP) is 13.6. The average Bonchev–Trinajstić information content (AvgIpc) is 3.61. The number of para-hydroxylation sites is 1. The Balaban J connectivity index is 1.01. The quantitative estimate of drug-likeness (QED) is 0.172. The van der Waals surface area contributed by atoms with E-state index in [0.29, 0.717) is 11.6 Å². The van der Waals surface area contributed by atoms with Crippen LogP contribution in [0.2, 0.25) is 5.28 Å². The average molecular weight is 712 g/mol. The molecule has 0 spiro atoms. The van der Waals surface area contributed by atoms with Crippen LogP contribution in [0.4, 0.5) is 0 Å². The second kappa shape index (κ2) is 13.3. The van der Waals surface area contributed by atoms with Crippen molar-refractivity contribution in [1.82, 2.24) is 15.0 Å². The van der Waals surface area contributed by atoms with Gasteiger partial charge in [-0.2, -0.15) is 9.97 Å². The number of hydrogen-bond donors (Lipinski definition) is 0. The highest BCUT2D eigenvalue weighted by Crippen LogP contribution is 2.39. The van der Waals surface area contributed by atoms with Crippen molar-refractivity contribution in [2.75, 3.05) is 0 Å². The Kier molecular flexibility index (Phi) is 7.82. The van der Waals surface area contributed by atoms with Gasteiger partial charge in [0.2, 0.25) is 5.28 Å². The first-order chi connectivity index (χ1) is 26.6. The van der Waals surface area contributed by atoms with E-state index in [1.807, 2.05) is 30.3 Å². The van der Waals surface area contributed by atoms with Gasteiger partial charge in [-0.05, 0) is 91.1 Å². The molecule has 0 unspecified atom stereocenters. The summed E-state index contributed by atoms with van der Waals surface area (Å²) in [6.07, 6.45) is 0. The molecule has 254 valence electrons. The van der Waals surface area contributed by atoms with Crippen LogP contribution in [0.15, 0.2) is 186 Å². The topological polar surface area (TPSA) is 51.8 Å². The van der Waals surface area contributed by atoms with Crippen molar-refractivity contribution in [2.45, 2.75) is 0 Å². The summed E-state index contributed by atoms with van der Waals surface area (Å²) in [6, 6.07) is 63.3. The fourth-order valence-corrected chi connectivity index (χ4v) is 7.58. The minimum absolute atomic E-state index is 0.151. The molecular formula is C49H30ClN3O. The highest BCUT2D eigenvalue weighted by atomic mass is 35.5. The molecule has 10 rings (SSSR count). The number of hydrogen-bond acceptors (Lipinski definition) is 4. The van der Waals surface area contributed by atoms with Gasteiger partial charge in [-0.25, -0.2) is 4.98 Å². The summed E-state index contributed by atoms with van der Waals surface area (Å²) < 4.78 is 6.16. The molecule has 0 fully saturated rings. The predicted molar refractivity (Wildman–Crippen MR) is 222 cm³/mol.